The molecule has 0 aliphatic carbocycles. The maximum atomic E-state index is 6.50. The van der Waals surface area contributed by atoms with Crippen LogP contribution in [-0.4, -0.2) is 16.7 Å². The molecule has 4 nitrogen and oxygen atoms in total. The van der Waals surface area contributed by atoms with E-state index in [0.29, 0.717) is 0 Å². The number of ether oxygens (including phenoxy) is 2. The van der Waals surface area contributed by atoms with Crippen molar-refractivity contribution in [2.75, 3.05) is 0 Å². The average Bonchev–Trinajstić information content (AvgIpc) is 3.05. The third-order valence-electron chi connectivity index (χ3n) is 7.80. The topological polar surface area (TPSA) is 44.2 Å². The summed E-state index contributed by atoms with van der Waals surface area (Å²) in [5.41, 5.74) is 8.41. The van der Waals surface area contributed by atoms with Gasteiger partial charge < -0.3 is 19.4 Å². The summed E-state index contributed by atoms with van der Waals surface area (Å²) in [6, 6.07) is 42.8. The summed E-state index contributed by atoms with van der Waals surface area (Å²) >= 11 is 0. The molecular formula is C38H29BIrN2O2-2. The number of pyridine rings is 2. The second-order valence-corrected chi connectivity index (χ2v) is 11.7. The molecule has 2 aromatic heterocycles. The van der Waals surface area contributed by atoms with Crippen LogP contribution >= 0.6 is 0 Å². The van der Waals surface area contributed by atoms with E-state index >= 15 is 0 Å². The van der Waals surface area contributed by atoms with Crippen molar-refractivity contribution >= 4 is 23.1 Å². The molecule has 0 unspecified atom stereocenters. The van der Waals surface area contributed by atoms with E-state index in [1.807, 2.05) is 85.1 Å². The molecule has 0 spiro atoms. The van der Waals surface area contributed by atoms with Crippen molar-refractivity contribution in [1.82, 2.24) is 9.97 Å². The van der Waals surface area contributed by atoms with E-state index < -0.39 is 0 Å². The second-order valence-electron chi connectivity index (χ2n) is 11.7. The van der Waals surface area contributed by atoms with Crippen LogP contribution in [0.1, 0.15) is 26.3 Å². The number of para-hydroxylation sites is 1. The predicted molar refractivity (Wildman–Crippen MR) is 173 cm³/mol. The Morgan fingerprint density at radius 1 is 0.636 bits per heavy atom. The largest absolute Gasteiger partial charge is 0.503 e. The van der Waals surface area contributed by atoms with Gasteiger partial charge in [0.2, 0.25) is 6.71 Å². The third-order valence-corrected chi connectivity index (χ3v) is 7.80. The normalized spacial score (nSPS) is 12.1. The van der Waals surface area contributed by atoms with E-state index in [0.717, 1.165) is 61.9 Å². The Bertz CT molecular complexity index is 1890. The molecule has 2 aliphatic rings. The van der Waals surface area contributed by atoms with Crippen LogP contribution in [0.25, 0.3) is 22.5 Å². The maximum Gasteiger partial charge on any atom is 0.241 e. The molecule has 4 aromatic carbocycles. The van der Waals surface area contributed by atoms with Crippen molar-refractivity contribution in [3.63, 3.8) is 0 Å². The number of hydrogen-bond donors (Lipinski definition) is 0. The van der Waals surface area contributed by atoms with Crippen molar-refractivity contribution in [2.24, 2.45) is 0 Å². The molecule has 217 valence electrons. The maximum absolute atomic E-state index is 6.50. The Hall–Kier alpha value is -4.51. The van der Waals surface area contributed by atoms with E-state index in [4.69, 9.17) is 9.47 Å². The summed E-state index contributed by atoms with van der Waals surface area (Å²) in [4.78, 5) is 8.90. The fourth-order valence-corrected chi connectivity index (χ4v) is 5.64. The molecule has 6 heteroatoms. The van der Waals surface area contributed by atoms with E-state index in [9.17, 15) is 0 Å². The first kappa shape index (κ1) is 29.6. The van der Waals surface area contributed by atoms with Gasteiger partial charge in [-0.2, -0.15) is 0 Å². The summed E-state index contributed by atoms with van der Waals surface area (Å²) in [6.45, 7) is 6.69. The van der Waals surface area contributed by atoms with Gasteiger partial charge in [-0.05, 0) is 58.2 Å². The smallest absolute Gasteiger partial charge is 0.241 e. The van der Waals surface area contributed by atoms with Gasteiger partial charge >= 0.3 is 0 Å². The minimum absolute atomic E-state index is 0. The van der Waals surface area contributed by atoms with Crippen molar-refractivity contribution in [3.8, 4) is 45.5 Å². The minimum atomic E-state index is 0. The number of benzene rings is 4. The number of nitrogens with zero attached hydrogens (tertiary/aromatic N) is 2. The van der Waals surface area contributed by atoms with Gasteiger partial charge in [0.25, 0.3) is 0 Å². The van der Waals surface area contributed by atoms with Gasteiger partial charge in [-0.1, -0.05) is 68.8 Å². The minimum Gasteiger partial charge on any atom is -0.503 e. The molecule has 6 aromatic rings. The predicted octanol–water partition coefficient (Wildman–Crippen LogP) is 7.12. The molecule has 0 atom stereocenters. The van der Waals surface area contributed by atoms with E-state index in [1.54, 1.807) is 6.20 Å². The van der Waals surface area contributed by atoms with Gasteiger partial charge in [0.1, 0.15) is 17.2 Å². The molecule has 0 amide bonds. The van der Waals surface area contributed by atoms with Gasteiger partial charge in [0.15, 0.2) is 0 Å². The Kier molecular flexibility index (Phi) is 8.22. The molecule has 8 rings (SSSR count). The molecular weight excluding hydrogens is 719 g/mol. The average molecular weight is 749 g/mol. The van der Waals surface area contributed by atoms with Gasteiger partial charge in [0, 0.05) is 43.7 Å². The monoisotopic (exact) mass is 749 g/mol. The molecule has 0 N–H and O–H groups in total. The van der Waals surface area contributed by atoms with Crippen LogP contribution in [-0.2, 0) is 25.5 Å². The molecule has 0 saturated carbocycles. The van der Waals surface area contributed by atoms with Crippen LogP contribution < -0.4 is 25.9 Å². The molecule has 1 radical (unpaired) electrons. The van der Waals surface area contributed by atoms with E-state index in [2.05, 4.69) is 73.2 Å². The zero-order chi connectivity index (χ0) is 29.4. The molecule has 0 fully saturated rings. The summed E-state index contributed by atoms with van der Waals surface area (Å²) < 4.78 is 12.7. The summed E-state index contributed by atoms with van der Waals surface area (Å²) in [5.74, 6) is 3.41. The summed E-state index contributed by atoms with van der Waals surface area (Å²) in [5, 5.41) is 0. The molecule has 0 bridgehead atoms. The standard InChI is InChI=1S/C27H21BNO2.C11H8N.Ir/c1-27(2,3)17-14-15-29-21(16-17)18-8-6-10-20-26(18)31-24-13-7-12-23-25(24)28(20)19-9-4-5-11-22(19)30-23;1-2-6-10(7-3-1)11-8-4-5-9-12-11;/h4-7,9-16H,1-3H3;1-6,8-9H;/q2*-1;. The first-order valence-corrected chi connectivity index (χ1v) is 14.4. The molecule has 0 saturated heterocycles. The summed E-state index contributed by atoms with van der Waals surface area (Å²) in [7, 11) is 0. The van der Waals surface area contributed by atoms with E-state index in [-0.39, 0.29) is 32.2 Å². The van der Waals surface area contributed by atoms with Crippen LogP contribution in [0.3, 0.4) is 0 Å². The van der Waals surface area contributed by atoms with Crippen molar-refractivity contribution in [3.05, 3.63) is 139 Å². The zero-order valence-corrected chi connectivity index (χ0v) is 27.1. The van der Waals surface area contributed by atoms with Gasteiger partial charge in [-0.15, -0.1) is 59.6 Å². The first-order chi connectivity index (χ1) is 21.0. The van der Waals surface area contributed by atoms with Crippen molar-refractivity contribution < 1.29 is 29.6 Å². The Labute approximate surface area is 272 Å². The second kappa shape index (κ2) is 12.2. The van der Waals surface area contributed by atoms with Crippen LogP contribution in [0.4, 0.5) is 0 Å². The van der Waals surface area contributed by atoms with E-state index in [1.165, 1.54) is 5.56 Å². The Morgan fingerprint density at radius 2 is 1.39 bits per heavy atom. The zero-order valence-electron chi connectivity index (χ0n) is 24.7. The van der Waals surface area contributed by atoms with Gasteiger partial charge in [0.05, 0.1) is 0 Å². The van der Waals surface area contributed by atoms with Crippen LogP contribution in [0.15, 0.2) is 122 Å². The Morgan fingerprint density at radius 3 is 2.16 bits per heavy atom. The molecule has 4 heterocycles. The Balaban J connectivity index is 0.000000222. The van der Waals surface area contributed by atoms with Crippen LogP contribution in [0.2, 0.25) is 0 Å². The molecule has 44 heavy (non-hydrogen) atoms. The van der Waals surface area contributed by atoms with Crippen molar-refractivity contribution in [2.45, 2.75) is 26.2 Å². The third kappa shape index (κ3) is 5.59. The van der Waals surface area contributed by atoms with Crippen LogP contribution in [0.5, 0.6) is 23.0 Å². The van der Waals surface area contributed by atoms with Crippen LogP contribution in [0, 0.1) is 12.1 Å². The fourth-order valence-electron chi connectivity index (χ4n) is 5.64. The number of aromatic nitrogens is 2. The number of hydrogen-bond acceptors (Lipinski definition) is 4. The van der Waals surface area contributed by atoms with Gasteiger partial charge in [-0.25, -0.2) is 0 Å². The summed E-state index contributed by atoms with van der Waals surface area (Å²) in [6.07, 6.45) is 3.66. The number of fused-ring (bicyclic) bond motifs is 4. The van der Waals surface area contributed by atoms with Crippen molar-refractivity contribution in [1.29, 1.82) is 0 Å². The first-order valence-electron chi connectivity index (χ1n) is 14.4. The van der Waals surface area contributed by atoms with Gasteiger partial charge in [-0.3, -0.25) is 0 Å². The number of rotatable bonds is 2. The fraction of sp³-hybridized carbons (Fsp3) is 0.105. The SMILES string of the molecule is CC(C)(C)c1ccnc(-c2[c-]ccc3c2Oc2cccc4c2B3c2ccccc2O4)c1.[Ir].[c-]1ccccc1-c1ccccn1. The quantitative estimate of drug-likeness (QED) is 0.140. The molecule has 2 aliphatic heterocycles.